The maximum Gasteiger partial charge on any atom is 0.222 e. The molecule has 1 rings (SSSR count). The number of piperidine rings is 1. The van der Waals surface area contributed by atoms with Crippen LogP contribution in [0.1, 0.15) is 34.1 Å². The van der Waals surface area contributed by atoms with Gasteiger partial charge in [0.2, 0.25) is 5.91 Å². The summed E-state index contributed by atoms with van der Waals surface area (Å²) in [7, 11) is 0. The second-order valence-electron chi connectivity index (χ2n) is 4.70. The number of carbonyl (C=O) groups is 1. The fourth-order valence-corrected chi connectivity index (χ4v) is 1.94. The Kier molecular flexibility index (Phi) is 3.93. The summed E-state index contributed by atoms with van der Waals surface area (Å²) in [5, 5.41) is 6.51. The minimum Gasteiger partial charge on any atom is -0.351 e. The third-order valence-corrected chi connectivity index (χ3v) is 3.05. The lowest BCUT2D eigenvalue weighted by atomic mass is 9.89. The smallest absolute Gasteiger partial charge is 0.222 e. The van der Waals surface area contributed by atoms with Crippen molar-refractivity contribution in [3.8, 4) is 0 Å². The van der Waals surface area contributed by atoms with Crippen LogP contribution >= 0.6 is 0 Å². The van der Waals surface area contributed by atoms with Gasteiger partial charge in [0.15, 0.2) is 0 Å². The molecule has 1 saturated heterocycles. The summed E-state index contributed by atoms with van der Waals surface area (Å²) in [5.41, 5.74) is 0. The van der Waals surface area contributed by atoms with Crippen molar-refractivity contribution in [2.45, 2.75) is 46.2 Å². The standard InChI is InChI=1S/C11H22N2O/c1-7(2)11(14)13-10-8(3)5-6-12-9(10)4/h7-10,12H,5-6H2,1-4H3,(H,13,14). The highest BCUT2D eigenvalue weighted by Crippen LogP contribution is 2.16. The summed E-state index contributed by atoms with van der Waals surface area (Å²) in [4.78, 5) is 11.6. The molecule has 0 saturated carbocycles. The molecule has 0 aromatic heterocycles. The van der Waals surface area contributed by atoms with Gasteiger partial charge in [0.1, 0.15) is 0 Å². The normalized spacial score (nSPS) is 33.1. The molecule has 0 radical (unpaired) electrons. The van der Waals surface area contributed by atoms with E-state index in [9.17, 15) is 4.79 Å². The van der Waals surface area contributed by atoms with Gasteiger partial charge in [-0.2, -0.15) is 0 Å². The van der Waals surface area contributed by atoms with Gasteiger partial charge in [-0.1, -0.05) is 20.8 Å². The van der Waals surface area contributed by atoms with E-state index in [1.54, 1.807) is 0 Å². The van der Waals surface area contributed by atoms with Crippen molar-refractivity contribution in [2.24, 2.45) is 11.8 Å². The second-order valence-corrected chi connectivity index (χ2v) is 4.70. The van der Waals surface area contributed by atoms with E-state index in [1.807, 2.05) is 13.8 Å². The van der Waals surface area contributed by atoms with Crippen LogP contribution in [0.3, 0.4) is 0 Å². The predicted octanol–water partition coefficient (Wildman–Crippen LogP) is 1.15. The van der Waals surface area contributed by atoms with E-state index in [0.717, 1.165) is 13.0 Å². The van der Waals surface area contributed by atoms with Gasteiger partial charge in [0, 0.05) is 18.0 Å². The molecule has 0 spiro atoms. The van der Waals surface area contributed by atoms with Gasteiger partial charge in [-0.15, -0.1) is 0 Å². The molecule has 0 aliphatic carbocycles. The van der Waals surface area contributed by atoms with Crippen LogP contribution in [-0.2, 0) is 4.79 Å². The molecule has 0 aromatic rings. The lowest BCUT2D eigenvalue weighted by Crippen LogP contribution is -2.56. The van der Waals surface area contributed by atoms with Crippen LogP contribution < -0.4 is 10.6 Å². The minimum atomic E-state index is 0.0799. The first-order chi connectivity index (χ1) is 6.52. The average molecular weight is 198 g/mol. The van der Waals surface area contributed by atoms with Gasteiger partial charge >= 0.3 is 0 Å². The first-order valence-corrected chi connectivity index (χ1v) is 5.56. The summed E-state index contributed by atoms with van der Waals surface area (Å²) in [6.45, 7) is 9.28. The molecule has 1 aliphatic rings. The Morgan fingerprint density at radius 3 is 2.57 bits per heavy atom. The third kappa shape index (κ3) is 2.71. The van der Waals surface area contributed by atoms with Crippen LogP contribution in [0.2, 0.25) is 0 Å². The van der Waals surface area contributed by atoms with Gasteiger partial charge < -0.3 is 10.6 Å². The predicted molar refractivity (Wildman–Crippen MR) is 58.0 cm³/mol. The van der Waals surface area contributed by atoms with E-state index in [-0.39, 0.29) is 11.8 Å². The largest absolute Gasteiger partial charge is 0.351 e. The van der Waals surface area contributed by atoms with Crippen LogP contribution in [0, 0.1) is 11.8 Å². The van der Waals surface area contributed by atoms with Crippen LogP contribution in [0.4, 0.5) is 0 Å². The maximum absolute atomic E-state index is 11.6. The van der Waals surface area contributed by atoms with Crippen molar-refractivity contribution in [2.75, 3.05) is 6.54 Å². The zero-order valence-electron chi connectivity index (χ0n) is 9.63. The molecule has 14 heavy (non-hydrogen) atoms. The molecule has 3 unspecified atom stereocenters. The molecule has 1 aliphatic heterocycles. The molecule has 1 heterocycles. The second kappa shape index (κ2) is 4.78. The first-order valence-electron chi connectivity index (χ1n) is 5.56. The number of rotatable bonds is 2. The zero-order valence-corrected chi connectivity index (χ0v) is 9.63. The quantitative estimate of drug-likeness (QED) is 0.698. The molecule has 3 nitrogen and oxygen atoms in total. The van der Waals surface area contributed by atoms with Crippen molar-refractivity contribution in [3.63, 3.8) is 0 Å². The Bertz CT molecular complexity index is 193. The highest BCUT2D eigenvalue weighted by Gasteiger charge is 2.28. The fourth-order valence-electron chi connectivity index (χ4n) is 1.94. The van der Waals surface area contributed by atoms with Gasteiger partial charge in [0.05, 0.1) is 0 Å². The molecule has 1 fully saturated rings. The van der Waals surface area contributed by atoms with Crippen LogP contribution in [0.15, 0.2) is 0 Å². The molecule has 2 N–H and O–H groups in total. The number of hydrogen-bond donors (Lipinski definition) is 2. The maximum atomic E-state index is 11.6. The lowest BCUT2D eigenvalue weighted by molar-refractivity contribution is -0.125. The molecular weight excluding hydrogens is 176 g/mol. The molecule has 82 valence electrons. The van der Waals surface area contributed by atoms with E-state index in [2.05, 4.69) is 24.5 Å². The Morgan fingerprint density at radius 2 is 2.07 bits per heavy atom. The van der Waals surface area contributed by atoms with E-state index in [1.165, 1.54) is 0 Å². The highest BCUT2D eigenvalue weighted by molar-refractivity contribution is 5.78. The van der Waals surface area contributed by atoms with E-state index in [0.29, 0.717) is 18.0 Å². The van der Waals surface area contributed by atoms with Crippen LogP contribution in [0.5, 0.6) is 0 Å². The monoisotopic (exact) mass is 198 g/mol. The third-order valence-electron chi connectivity index (χ3n) is 3.05. The van der Waals surface area contributed by atoms with E-state index in [4.69, 9.17) is 0 Å². The average Bonchev–Trinajstić information content (AvgIpc) is 2.11. The topological polar surface area (TPSA) is 41.1 Å². The summed E-state index contributed by atoms with van der Waals surface area (Å²) in [6, 6.07) is 0.681. The zero-order chi connectivity index (χ0) is 10.7. The Morgan fingerprint density at radius 1 is 1.43 bits per heavy atom. The number of nitrogens with one attached hydrogen (secondary N) is 2. The van der Waals surface area contributed by atoms with Gasteiger partial charge in [0.25, 0.3) is 0 Å². The van der Waals surface area contributed by atoms with E-state index < -0.39 is 0 Å². The summed E-state index contributed by atoms with van der Waals surface area (Å²) in [5.74, 6) is 0.822. The number of hydrogen-bond acceptors (Lipinski definition) is 2. The Labute approximate surface area is 86.6 Å². The van der Waals surface area contributed by atoms with Crippen molar-refractivity contribution < 1.29 is 4.79 Å². The van der Waals surface area contributed by atoms with Crippen LogP contribution in [-0.4, -0.2) is 24.5 Å². The highest BCUT2D eigenvalue weighted by atomic mass is 16.1. The van der Waals surface area contributed by atoms with Gasteiger partial charge in [-0.3, -0.25) is 4.79 Å². The van der Waals surface area contributed by atoms with Crippen molar-refractivity contribution in [1.29, 1.82) is 0 Å². The van der Waals surface area contributed by atoms with Gasteiger partial charge in [-0.05, 0) is 25.8 Å². The number of amides is 1. The van der Waals surface area contributed by atoms with Crippen molar-refractivity contribution in [3.05, 3.63) is 0 Å². The molecule has 0 aromatic carbocycles. The summed E-state index contributed by atoms with van der Waals surface area (Å²) < 4.78 is 0. The molecule has 0 bridgehead atoms. The van der Waals surface area contributed by atoms with Gasteiger partial charge in [-0.25, -0.2) is 0 Å². The molecule has 1 amide bonds. The van der Waals surface area contributed by atoms with Crippen molar-refractivity contribution in [1.82, 2.24) is 10.6 Å². The lowest BCUT2D eigenvalue weighted by Gasteiger charge is -2.36. The van der Waals surface area contributed by atoms with E-state index >= 15 is 0 Å². The minimum absolute atomic E-state index is 0.0799. The van der Waals surface area contributed by atoms with Crippen LogP contribution in [0.25, 0.3) is 0 Å². The summed E-state index contributed by atoms with van der Waals surface area (Å²) in [6.07, 6.45) is 1.15. The Hall–Kier alpha value is -0.570. The fraction of sp³-hybridized carbons (Fsp3) is 0.909. The number of carbonyl (C=O) groups excluding carboxylic acids is 1. The SMILES string of the molecule is CC(C)C(=O)NC1C(C)CCNC1C. The molecule has 3 heteroatoms. The summed E-state index contributed by atoms with van der Waals surface area (Å²) >= 11 is 0. The van der Waals surface area contributed by atoms with Crippen molar-refractivity contribution >= 4 is 5.91 Å². The Balaban J connectivity index is 2.52. The molecular formula is C11H22N2O. The first kappa shape index (κ1) is 11.5. The molecule has 3 atom stereocenters.